The molecule has 1 aromatic carbocycles. The van der Waals surface area contributed by atoms with Crippen molar-refractivity contribution in [2.75, 3.05) is 46.5 Å². The van der Waals surface area contributed by atoms with E-state index >= 15 is 0 Å². The Hall–Kier alpha value is -2.85. The van der Waals surface area contributed by atoms with Crippen LogP contribution >= 0.6 is 0 Å². The molecule has 3 aliphatic rings. The van der Waals surface area contributed by atoms with Crippen LogP contribution in [0.25, 0.3) is 0 Å². The predicted octanol–water partition coefficient (Wildman–Crippen LogP) is -0.694. The zero-order chi connectivity index (χ0) is 20.4. The van der Waals surface area contributed by atoms with E-state index in [9.17, 15) is 14.7 Å². The fourth-order valence-electron chi connectivity index (χ4n) is 3.72. The van der Waals surface area contributed by atoms with Crippen molar-refractivity contribution in [3.05, 3.63) is 30.3 Å². The molecule has 0 aromatic heterocycles. The van der Waals surface area contributed by atoms with Gasteiger partial charge in [-0.25, -0.2) is 9.79 Å². The van der Waals surface area contributed by atoms with Gasteiger partial charge in [0.15, 0.2) is 18.2 Å². The molecule has 4 rings (SSSR count). The Morgan fingerprint density at radius 3 is 2.72 bits per heavy atom. The van der Waals surface area contributed by atoms with E-state index in [0.717, 1.165) is 0 Å². The number of likely N-dealkylation sites (N-methyl/N-ethyl adjacent to an activating group) is 1. The maximum Gasteiger partial charge on any atom is 0.325 e. The molecule has 0 bridgehead atoms. The number of urea groups is 1. The van der Waals surface area contributed by atoms with Crippen LogP contribution in [0.4, 0.5) is 4.79 Å². The summed E-state index contributed by atoms with van der Waals surface area (Å²) in [5.41, 5.74) is 0. The first kappa shape index (κ1) is 19.5. The van der Waals surface area contributed by atoms with Crippen LogP contribution in [0, 0.1) is 0 Å². The van der Waals surface area contributed by atoms with Crippen molar-refractivity contribution in [3.63, 3.8) is 0 Å². The predicted molar refractivity (Wildman–Crippen MR) is 103 cm³/mol. The topological polar surface area (TPSA) is 107 Å². The summed E-state index contributed by atoms with van der Waals surface area (Å²) in [6.07, 6.45) is -1.48. The summed E-state index contributed by atoms with van der Waals surface area (Å²) in [5, 5.41) is 13.0. The number of hydrogen-bond donors (Lipinski definition) is 2. The molecule has 3 heterocycles. The number of fused-ring (bicyclic) bond motifs is 1. The van der Waals surface area contributed by atoms with Gasteiger partial charge in [0.1, 0.15) is 18.5 Å². The Morgan fingerprint density at radius 2 is 2.00 bits per heavy atom. The van der Waals surface area contributed by atoms with Crippen LogP contribution in [0.3, 0.4) is 0 Å². The highest BCUT2D eigenvalue weighted by Gasteiger charge is 2.50. The van der Waals surface area contributed by atoms with Gasteiger partial charge in [0.05, 0.1) is 19.8 Å². The van der Waals surface area contributed by atoms with Gasteiger partial charge in [0.2, 0.25) is 0 Å². The second kappa shape index (κ2) is 8.26. The van der Waals surface area contributed by atoms with Gasteiger partial charge in [-0.3, -0.25) is 10.1 Å². The Labute approximate surface area is 168 Å². The van der Waals surface area contributed by atoms with Crippen LogP contribution in [0.15, 0.2) is 35.3 Å². The monoisotopic (exact) mass is 403 g/mol. The van der Waals surface area contributed by atoms with Gasteiger partial charge in [-0.15, -0.1) is 0 Å². The maximum atomic E-state index is 12.6. The third kappa shape index (κ3) is 3.99. The van der Waals surface area contributed by atoms with Gasteiger partial charge in [0.25, 0.3) is 5.91 Å². The molecular weight excluding hydrogens is 378 g/mol. The van der Waals surface area contributed by atoms with Crippen molar-refractivity contribution < 1.29 is 24.2 Å². The molecule has 2 saturated heterocycles. The number of nitrogens with zero attached hydrogens (tertiary/aromatic N) is 4. The molecule has 3 unspecified atom stereocenters. The van der Waals surface area contributed by atoms with E-state index in [0.29, 0.717) is 38.0 Å². The summed E-state index contributed by atoms with van der Waals surface area (Å²) >= 11 is 0. The molecule has 3 aliphatic heterocycles. The first-order valence-corrected chi connectivity index (χ1v) is 9.65. The zero-order valence-corrected chi connectivity index (χ0v) is 16.2. The molecule has 0 saturated carbocycles. The number of carbonyl (C=O) groups excluding carboxylic acids is 2. The van der Waals surface area contributed by atoms with Gasteiger partial charge in [-0.1, -0.05) is 18.2 Å². The molecule has 156 valence electrons. The first-order valence-electron chi connectivity index (χ1n) is 9.65. The van der Waals surface area contributed by atoms with Crippen molar-refractivity contribution in [3.8, 4) is 5.75 Å². The summed E-state index contributed by atoms with van der Waals surface area (Å²) in [6, 6.07) is 8.06. The van der Waals surface area contributed by atoms with Crippen LogP contribution in [0.1, 0.15) is 0 Å². The van der Waals surface area contributed by atoms with E-state index < -0.39 is 30.2 Å². The minimum atomic E-state index is -0.851. The van der Waals surface area contributed by atoms with Crippen LogP contribution in [0.2, 0.25) is 0 Å². The quantitative estimate of drug-likeness (QED) is 0.670. The lowest BCUT2D eigenvalue weighted by Gasteiger charge is -2.39. The van der Waals surface area contributed by atoms with Crippen LogP contribution < -0.4 is 10.1 Å². The molecule has 1 aromatic rings. The molecule has 3 atom stereocenters. The lowest BCUT2D eigenvalue weighted by atomic mass is 10.1. The highest BCUT2D eigenvalue weighted by molar-refractivity contribution is 6.03. The summed E-state index contributed by atoms with van der Waals surface area (Å²) < 4.78 is 11.1. The summed E-state index contributed by atoms with van der Waals surface area (Å²) in [5.74, 6) is 0.841. The van der Waals surface area contributed by atoms with Crippen molar-refractivity contribution >= 4 is 17.9 Å². The fourth-order valence-corrected chi connectivity index (χ4v) is 3.72. The number of benzene rings is 1. The van der Waals surface area contributed by atoms with E-state index in [1.165, 1.54) is 4.90 Å². The van der Waals surface area contributed by atoms with Crippen LogP contribution in [-0.2, 0) is 9.53 Å². The number of imide groups is 1. The Kier molecular flexibility index (Phi) is 5.54. The number of hydrogen-bond acceptors (Lipinski definition) is 8. The van der Waals surface area contributed by atoms with Crippen molar-refractivity contribution in [2.24, 2.45) is 4.99 Å². The summed E-state index contributed by atoms with van der Waals surface area (Å²) in [6.45, 7) is 2.60. The standard InChI is InChI=1S/C19H25N5O5/c1-22-16-15(17(26)21-19(22)27)24(18(20-16)23-7-9-28-10-8-23)11-13(25)12-29-14-5-3-2-4-6-14/h2-6,13,15-16,25H,7-12H2,1H3,(H,21,26,27). The maximum absolute atomic E-state index is 12.6. The first-order chi connectivity index (χ1) is 14.0. The summed E-state index contributed by atoms with van der Waals surface area (Å²) in [4.78, 5) is 34.5. The minimum absolute atomic E-state index is 0.0741. The van der Waals surface area contributed by atoms with Crippen molar-refractivity contribution in [1.29, 1.82) is 0 Å². The average Bonchev–Trinajstić information content (AvgIpc) is 3.12. The number of ether oxygens (including phenoxy) is 2. The van der Waals surface area contributed by atoms with E-state index in [2.05, 4.69) is 10.3 Å². The SMILES string of the molecule is CN1C(=O)NC(=O)C2C1N=C(N1CCOCC1)N2CC(O)COc1ccccc1. The van der Waals surface area contributed by atoms with Crippen LogP contribution in [0.5, 0.6) is 5.75 Å². The van der Waals surface area contributed by atoms with Gasteiger partial charge in [-0.2, -0.15) is 0 Å². The minimum Gasteiger partial charge on any atom is -0.491 e. The van der Waals surface area contributed by atoms with Gasteiger partial charge in [-0.05, 0) is 12.1 Å². The third-order valence-corrected chi connectivity index (χ3v) is 5.23. The largest absolute Gasteiger partial charge is 0.491 e. The normalized spacial score (nSPS) is 25.4. The number of carbonyl (C=O) groups is 2. The van der Waals surface area contributed by atoms with Crippen molar-refractivity contribution in [1.82, 2.24) is 20.0 Å². The van der Waals surface area contributed by atoms with Gasteiger partial charge >= 0.3 is 6.03 Å². The highest BCUT2D eigenvalue weighted by Crippen LogP contribution is 2.26. The van der Waals surface area contributed by atoms with Crippen LogP contribution in [-0.4, -0.2) is 103 Å². The number of morpholine rings is 1. The molecule has 2 N–H and O–H groups in total. The molecule has 29 heavy (non-hydrogen) atoms. The van der Waals surface area contributed by atoms with Crippen molar-refractivity contribution in [2.45, 2.75) is 18.3 Å². The number of aliphatic imine (C=N–C) groups is 1. The Bertz CT molecular complexity index is 782. The Morgan fingerprint density at radius 1 is 1.28 bits per heavy atom. The number of β-amino-alcohol motifs (C(OH)–C–C–N with tert-alkyl or cyclic N) is 1. The number of aliphatic hydroxyl groups excluding tert-OH is 1. The second-order valence-electron chi connectivity index (χ2n) is 7.22. The average molecular weight is 403 g/mol. The van der Waals surface area contributed by atoms with E-state index in [1.807, 2.05) is 35.2 Å². The van der Waals surface area contributed by atoms with Gasteiger partial charge < -0.3 is 29.3 Å². The fraction of sp³-hybridized carbons (Fsp3) is 0.526. The number of rotatable bonds is 5. The molecule has 0 aliphatic carbocycles. The summed E-state index contributed by atoms with van der Waals surface area (Å²) in [7, 11) is 1.61. The van der Waals surface area contributed by atoms with Gasteiger partial charge in [0, 0.05) is 20.1 Å². The number of para-hydroxylation sites is 1. The second-order valence-corrected chi connectivity index (χ2v) is 7.22. The Balaban J connectivity index is 1.50. The number of guanidine groups is 1. The molecule has 10 nitrogen and oxygen atoms in total. The molecule has 2 fully saturated rings. The van der Waals surface area contributed by atoms with E-state index in [1.54, 1.807) is 11.9 Å². The number of aliphatic hydroxyl groups is 1. The smallest absolute Gasteiger partial charge is 0.325 e. The molecule has 0 spiro atoms. The molecule has 10 heteroatoms. The zero-order valence-electron chi connectivity index (χ0n) is 16.2. The van der Waals surface area contributed by atoms with E-state index in [-0.39, 0.29) is 13.2 Å². The third-order valence-electron chi connectivity index (χ3n) is 5.23. The number of amides is 3. The highest BCUT2D eigenvalue weighted by atomic mass is 16.5. The lowest BCUT2D eigenvalue weighted by molar-refractivity contribution is -0.127. The molecule has 0 radical (unpaired) electrons. The lowest BCUT2D eigenvalue weighted by Crippen LogP contribution is -2.65. The molecule has 3 amide bonds. The van der Waals surface area contributed by atoms with E-state index in [4.69, 9.17) is 9.47 Å². The number of nitrogens with one attached hydrogen (secondary N) is 1. The molecular formula is C19H25N5O5.